The minimum atomic E-state index is -2.48. The second kappa shape index (κ2) is 6.77. The second-order valence-electron chi connectivity index (χ2n) is 3.66. The van der Waals surface area contributed by atoms with Gasteiger partial charge in [0.2, 0.25) is 0 Å². The zero-order valence-electron chi connectivity index (χ0n) is 9.84. The minimum Gasteiger partial charge on any atom is -0.488 e. The maximum absolute atomic E-state index is 12.0. The molecule has 0 saturated carbocycles. The van der Waals surface area contributed by atoms with Crippen molar-refractivity contribution in [3.8, 4) is 5.75 Å². The van der Waals surface area contributed by atoms with Gasteiger partial charge in [-0.15, -0.1) is 0 Å². The van der Waals surface area contributed by atoms with Crippen molar-refractivity contribution in [2.45, 2.75) is 26.3 Å². The summed E-state index contributed by atoms with van der Waals surface area (Å²) in [5.41, 5.74) is 0.929. The molecule has 1 rings (SSSR count). The molecule has 1 N–H and O–H groups in total. The van der Waals surface area contributed by atoms with Crippen LogP contribution in [0.5, 0.6) is 5.75 Å². The molecule has 1 aromatic carbocycles. The van der Waals surface area contributed by atoms with Crippen LogP contribution in [0.1, 0.15) is 25.5 Å². The molecule has 1 atom stereocenters. The molecule has 0 fully saturated rings. The van der Waals surface area contributed by atoms with Crippen LogP contribution in [-0.4, -0.2) is 19.6 Å². The van der Waals surface area contributed by atoms with E-state index in [4.69, 9.17) is 16.3 Å². The van der Waals surface area contributed by atoms with E-state index in [9.17, 15) is 8.78 Å². The molecule has 5 heteroatoms. The topological polar surface area (TPSA) is 21.3 Å². The summed E-state index contributed by atoms with van der Waals surface area (Å²) in [6.45, 7) is 4.22. The largest absolute Gasteiger partial charge is 0.488 e. The highest BCUT2D eigenvalue weighted by Crippen LogP contribution is 2.27. The lowest BCUT2D eigenvalue weighted by Crippen LogP contribution is -2.18. The molecule has 0 aromatic heterocycles. The van der Waals surface area contributed by atoms with Crippen LogP contribution in [0, 0.1) is 0 Å². The second-order valence-corrected chi connectivity index (χ2v) is 4.07. The Labute approximate surface area is 105 Å². The van der Waals surface area contributed by atoms with Crippen molar-refractivity contribution in [2.24, 2.45) is 0 Å². The van der Waals surface area contributed by atoms with Gasteiger partial charge in [-0.2, -0.15) is 0 Å². The summed E-state index contributed by atoms with van der Waals surface area (Å²) in [5, 5.41) is 3.75. The van der Waals surface area contributed by atoms with Gasteiger partial charge in [-0.3, -0.25) is 0 Å². The summed E-state index contributed by atoms with van der Waals surface area (Å²) in [6, 6.07) is 5.12. The van der Waals surface area contributed by atoms with Crippen molar-refractivity contribution in [1.29, 1.82) is 0 Å². The third kappa shape index (κ3) is 4.48. The summed E-state index contributed by atoms with van der Waals surface area (Å²) in [6.07, 6.45) is -2.48. The van der Waals surface area contributed by atoms with E-state index in [1.807, 2.05) is 13.8 Å². The highest BCUT2D eigenvalue weighted by Gasteiger charge is 2.10. The van der Waals surface area contributed by atoms with E-state index in [0.29, 0.717) is 10.8 Å². The molecule has 0 heterocycles. The Kier molecular flexibility index (Phi) is 5.65. The molecular formula is C12H16ClF2NO. The first-order valence-electron chi connectivity index (χ1n) is 5.48. The third-order valence-electron chi connectivity index (χ3n) is 2.32. The number of benzene rings is 1. The smallest absolute Gasteiger partial charge is 0.272 e. The fraction of sp³-hybridized carbons (Fsp3) is 0.500. The molecule has 0 aliphatic rings. The van der Waals surface area contributed by atoms with Crippen LogP contribution in [0.2, 0.25) is 5.02 Å². The van der Waals surface area contributed by atoms with Crippen molar-refractivity contribution < 1.29 is 13.5 Å². The summed E-state index contributed by atoms with van der Waals surface area (Å²) in [4.78, 5) is 0. The Morgan fingerprint density at radius 2 is 2.12 bits per heavy atom. The van der Waals surface area contributed by atoms with Crippen LogP contribution in [-0.2, 0) is 0 Å². The zero-order valence-corrected chi connectivity index (χ0v) is 10.6. The number of alkyl halides is 2. The Morgan fingerprint density at radius 1 is 1.41 bits per heavy atom. The van der Waals surface area contributed by atoms with Gasteiger partial charge in [-0.05, 0) is 31.2 Å². The van der Waals surface area contributed by atoms with E-state index in [2.05, 4.69) is 5.32 Å². The molecule has 1 aromatic rings. The fourth-order valence-electron chi connectivity index (χ4n) is 1.52. The summed E-state index contributed by atoms with van der Waals surface area (Å²) < 4.78 is 28.8. The van der Waals surface area contributed by atoms with Gasteiger partial charge < -0.3 is 10.1 Å². The molecule has 0 saturated heterocycles. The molecule has 0 spiro atoms. The van der Waals surface area contributed by atoms with Gasteiger partial charge >= 0.3 is 0 Å². The van der Waals surface area contributed by atoms with E-state index in [1.54, 1.807) is 18.2 Å². The Morgan fingerprint density at radius 3 is 2.65 bits per heavy atom. The molecule has 0 amide bonds. The van der Waals surface area contributed by atoms with Gasteiger partial charge in [-0.1, -0.05) is 24.6 Å². The average Bonchev–Trinajstić information content (AvgIpc) is 2.26. The maximum Gasteiger partial charge on any atom is 0.272 e. The number of nitrogens with one attached hydrogen (secondary N) is 1. The number of hydrogen-bond donors (Lipinski definition) is 1. The van der Waals surface area contributed by atoms with E-state index < -0.39 is 13.0 Å². The van der Waals surface area contributed by atoms with Crippen molar-refractivity contribution in [3.05, 3.63) is 28.8 Å². The Hall–Kier alpha value is -0.870. The minimum absolute atomic E-state index is 0.122. The maximum atomic E-state index is 12.0. The Balaban J connectivity index is 2.72. The van der Waals surface area contributed by atoms with E-state index >= 15 is 0 Å². The van der Waals surface area contributed by atoms with Crippen molar-refractivity contribution in [1.82, 2.24) is 5.32 Å². The normalized spacial score (nSPS) is 12.8. The highest BCUT2D eigenvalue weighted by molar-refractivity contribution is 6.31. The lowest BCUT2D eigenvalue weighted by molar-refractivity contribution is 0.0819. The van der Waals surface area contributed by atoms with E-state index in [0.717, 1.165) is 12.1 Å². The first-order chi connectivity index (χ1) is 8.04. The number of halogens is 3. The quantitative estimate of drug-likeness (QED) is 0.846. The molecule has 96 valence electrons. The SMILES string of the molecule is CCNC(C)c1ccc(OCC(F)F)cc1Cl. The molecule has 0 radical (unpaired) electrons. The molecule has 2 nitrogen and oxygen atoms in total. The number of rotatable bonds is 6. The third-order valence-corrected chi connectivity index (χ3v) is 2.65. The monoisotopic (exact) mass is 263 g/mol. The van der Waals surface area contributed by atoms with Crippen LogP contribution >= 0.6 is 11.6 Å². The van der Waals surface area contributed by atoms with Gasteiger partial charge in [0.05, 0.1) is 0 Å². The standard InChI is InChI=1S/C12H16ClF2NO/c1-3-16-8(2)10-5-4-9(6-11(10)13)17-7-12(14)15/h4-6,8,12,16H,3,7H2,1-2H3. The van der Waals surface area contributed by atoms with Crippen molar-refractivity contribution in [3.63, 3.8) is 0 Å². The van der Waals surface area contributed by atoms with Crippen molar-refractivity contribution in [2.75, 3.05) is 13.2 Å². The zero-order chi connectivity index (χ0) is 12.8. The van der Waals surface area contributed by atoms with E-state index in [1.165, 1.54) is 0 Å². The van der Waals surface area contributed by atoms with Crippen LogP contribution in [0.25, 0.3) is 0 Å². The number of hydrogen-bond acceptors (Lipinski definition) is 2. The van der Waals surface area contributed by atoms with Crippen LogP contribution in [0.3, 0.4) is 0 Å². The lowest BCUT2D eigenvalue weighted by Gasteiger charge is -2.15. The molecule has 1 unspecified atom stereocenters. The molecular weight excluding hydrogens is 248 g/mol. The predicted octanol–water partition coefficient (Wildman–Crippen LogP) is 3.65. The van der Waals surface area contributed by atoms with Crippen LogP contribution in [0.15, 0.2) is 18.2 Å². The van der Waals surface area contributed by atoms with Gasteiger partial charge in [0.1, 0.15) is 12.4 Å². The van der Waals surface area contributed by atoms with Gasteiger partial charge in [0.25, 0.3) is 6.43 Å². The summed E-state index contributed by atoms with van der Waals surface area (Å²) in [7, 11) is 0. The average molecular weight is 264 g/mol. The molecule has 17 heavy (non-hydrogen) atoms. The Bertz CT molecular complexity index is 360. The van der Waals surface area contributed by atoms with Crippen LogP contribution < -0.4 is 10.1 Å². The van der Waals surface area contributed by atoms with Gasteiger partial charge in [-0.25, -0.2) is 8.78 Å². The molecule has 0 aliphatic carbocycles. The molecule has 0 aliphatic heterocycles. The van der Waals surface area contributed by atoms with Gasteiger partial charge in [0, 0.05) is 11.1 Å². The summed E-state index contributed by atoms with van der Waals surface area (Å²) in [5.74, 6) is 0.364. The number of ether oxygens (including phenoxy) is 1. The first kappa shape index (κ1) is 14.2. The van der Waals surface area contributed by atoms with Crippen molar-refractivity contribution >= 4 is 11.6 Å². The lowest BCUT2D eigenvalue weighted by atomic mass is 10.1. The first-order valence-corrected chi connectivity index (χ1v) is 5.86. The highest BCUT2D eigenvalue weighted by atomic mass is 35.5. The molecule has 0 bridgehead atoms. The predicted molar refractivity (Wildman–Crippen MR) is 65.0 cm³/mol. The van der Waals surface area contributed by atoms with Gasteiger partial charge in [0.15, 0.2) is 0 Å². The van der Waals surface area contributed by atoms with E-state index in [-0.39, 0.29) is 6.04 Å². The fourth-order valence-corrected chi connectivity index (χ4v) is 1.86. The summed E-state index contributed by atoms with van der Waals surface area (Å²) >= 11 is 6.07. The van der Waals surface area contributed by atoms with Crippen LogP contribution in [0.4, 0.5) is 8.78 Å².